The smallest absolute Gasteiger partial charge is 0.249 e. The van der Waals surface area contributed by atoms with Gasteiger partial charge in [0.15, 0.2) is 0 Å². The first-order valence-corrected chi connectivity index (χ1v) is 10.6. The number of amides is 2. The summed E-state index contributed by atoms with van der Waals surface area (Å²) >= 11 is 0. The highest BCUT2D eigenvalue weighted by Gasteiger charge is 2.30. The zero-order chi connectivity index (χ0) is 21.6. The van der Waals surface area contributed by atoms with E-state index in [2.05, 4.69) is 15.3 Å². The molecule has 2 aliphatic heterocycles. The standard InChI is InChI=1S/C22H26FN5O3/c23-16-5-8-20(25-13-16)26-17-6-7-18(24-14-17)19-3-1-10-28(19)22(30)15-31-12-11-27-9-2-4-21(27)29/h5-8,13-14,19H,1-4,9-12,15H2,(H,25,26)/t19-/m1/s1. The van der Waals surface area contributed by atoms with E-state index < -0.39 is 5.82 Å². The van der Waals surface area contributed by atoms with Crippen molar-refractivity contribution in [3.8, 4) is 0 Å². The molecule has 1 N–H and O–H groups in total. The van der Waals surface area contributed by atoms with Crippen molar-refractivity contribution in [3.05, 3.63) is 48.2 Å². The number of nitrogens with zero attached hydrogens (tertiary/aromatic N) is 4. The summed E-state index contributed by atoms with van der Waals surface area (Å²) in [6.07, 6.45) is 6.11. The van der Waals surface area contributed by atoms with Gasteiger partial charge in [-0.15, -0.1) is 0 Å². The number of ether oxygens (including phenoxy) is 1. The second-order valence-electron chi connectivity index (χ2n) is 7.74. The lowest BCUT2D eigenvalue weighted by Crippen LogP contribution is -2.35. The summed E-state index contributed by atoms with van der Waals surface area (Å²) in [4.78, 5) is 36.4. The van der Waals surface area contributed by atoms with Gasteiger partial charge in [-0.2, -0.15) is 0 Å². The highest BCUT2D eigenvalue weighted by molar-refractivity contribution is 5.78. The molecule has 0 aliphatic carbocycles. The van der Waals surface area contributed by atoms with E-state index in [1.807, 2.05) is 17.0 Å². The molecule has 4 rings (SSSR count). The van der Waals surface area contributed by atoms with E-state index in [9.17, 15) is 14.0 Å². The second-order valence-corrected chi connectivity index (χ2v) is 7.74. The van der Waals surface area contributed by atoms with Crippen molar-refractivity contribution in [2.24, 2.45) is 0 Å². The van der Waals surface area contributed by atoms with E-state index in [0.717, 1.165) is 43.4 Å². The monoisotopic (exact) mass is 427 g/mol. The van der Waals surface area contributed by atoms with Gasteiger partial charge in [0, 0.05) is 26.1 Å². The van der Waals surface area contributed by atoms with Gasteiger partial charge in [-0.25, -0.2) is 9.37 Å². The predicted octanol–water partition coefficient (Wildman–Crippen LogP) is 2.66. The number of pyridine rings is 2. The maximum atomic E-state index is 13.0. The Balaban J connectivity index is 1.28. The number of halogens is 1. The van der Waals surface area contributed by atoms with Crippen LogP contribution in [0.3, 0.4) is 0 Å². The Morgan fingerprint density at radius 1 is 1.16 bits per heavy atom. The van der Waals surface area contributed by atoms with Gasteiger partial charge in [0.05, 0.1) is 36.4 Å². The first-order valence-electron chi connectivity index (χ1n) is 10.6. The molecule has 0 radical (unpaired) electrons. The summed E-state index contributed by atoms with van der Waals surface area (Å²) < 4.78 is 18.5. The van der Waals surface area contributed by atoms with Gasteiger partial charge in [0.2, 0.25) is 11.8 Å². The minimum atomic E-state index is -0.390. The maximum absolute atomic E-state index is 13.0. The molecule has 4 heterocycles. The number of nitrogens with one attached hydrogen (secondary N) is 1. The molecule has 8 nitrogen and oxygen atoms in total. The first kappa shape index (κ1) is 21.2. The van der Waals surface area contributed by atoms with Gasteiger partial charge in [0.25, 0.3) is 0 Å². The van der Waals surface area contributed by atoms with Crippen LogP contribution in [0.4, 0.5) is 15.9 Å². The molecule has 0 aromatic carbocycles. The number of hydrogen-bond donors (Lipinski definition) is 1. The van der Waals surface area contributed by atoms with Gasteiger partial charge >= 0.3 is 0 Å². The van der Waals surface area contributed by atoms with Crippen LogP contribution < -0.4 is 5.32 Å². The summed E-state index contributed by atoms with van der Waals surface area (Å²) in [5.41, 5.74) is 1.56. The molecular formula is C22H26FN5O3. The number of rotatable bonds is 8. The van der Waals surface area contributed by atoms with E-state index in [1.54, 1.807) is 17.2 Å². The van der Waals surface area contributed by atoms with E-state index in [0.29, 0.717) is 31.9 Å². The number of hydrogen-bond acceptors (Lipinski definition) is 6. The first-order chi connectivity index (χ1) is 15.1. The third-order valence-electron chi connectivity index (χ3n) is 5.60. The quantitative estimate of drug-likeness (QED) is 0.652. The summed E-state index contributed by atoms with van der Waals surface area (Å²) in [5.74, 6) is 0.239. The molecule has 0 spiro atoms. The molecule has 2 amide bonds. The van der Waals surface area contributed by atoms with Gasteiger partial charge in [-0.1, -0.05) is 0 Å². The van der Waals surface area contributed by atoms with Crippen LogP contribution >= 0.6 is 0 Å². The minimum absolute atomic E-state index is 0.00834. The molecule has 9 heteroatoms. The van der Waals surface area contributed by atoms with E-state index in [4.69, 9.17) is 4.74 Å². The van der Waals surface area contributed by atoms with Crippen molar-refractivity contribution in [1.82, 2.24) is 19.8 Å². The lowest BCUT2D eigenvalue weighted by atomic mass is 10.1. The summed E-state index contributed by atoms with van der Waals surface area (Å²) in [6, 6.07) is 6.58. The Hall–Kier alpha value is -3.07. The number of likely N-dealkylation sites (tertiary alicyclic amines) is 2. The van der Waals surface area contributed by atoms with E-state index in [-0.39, 0.29) is 24.5 Å². The van der Waals surface area contributed by atoms with Crippen LogP contribution in [-0.2, 0) is 14.3 Å². The molecule has 2 saturated heterocycles. The molecular weight excluding hydrogens is 401 g/mol. The van der Waals surface area contributed by atoms with E-state index >= 15 is 0 Å². The topological polar surface area (TPSA) is 87.7 Å². The van der Waals surface area contributed by atoms with Gasteiger partial charge < -0.3 is 19.9 Å². The highest BCUT2D eigenvalue weighted by Crippen LogP contribution is 2.31. The second kappa shape index (κ2) is 9.82. The fraction of sp³-hybridized carbons (Fsp3) is 0.455. The third kappa shape index (κ3) is 5.35. The number of carbonyl (C=O) groups excluding carboxylic acids is 2. The number of carbonyl (C=O) groups is 2. The van der Waals surface area contributed by atoms with Crippen molar-refractivity contribution in [2.75, 3.05) is 38.2 Å². The van der Waals surface area contributed by atoms with Crippen LogP contribution in [0.15, 0.2) is 36.7 Å². The van der Waals surface area contributed by atoms with Crippen molar-refractivity contribution in [2.45, 2.75) is 31.7 Å². The molecule has 0 saturated carbocycles. The lowest BCUT2D eigenvalue weighted by Gasteiger charge is -2.24. The van der Waals surface area contributed by atoms with Crippen LogP contribution in [0.25, 0.3) is 0 Å². The van der Waals surface area contributed by atoms with Crippen molar-refractivity contribution in [3.63, 3.8) is 0 Å². The number of aromatic nitrogens is 2. The van der Waals surface area contributed by atoms with Crippen molar-refractivity contribution < 1.29 is 18.7 Å². The van der Waals surface area contributed by atoms with Crippen LogP contribution in [0.5, 0.6) is 0 Å². The summed E-state index contributed by atoms with van der Waals surface area (Å²) in [6.45, 7) is 2.37. The largest absolute Gasteiger partial charge is 0.370 e. The molecule has 0 unspecified atom stereocenters. The Bertz CT molecular complexity index is 906. The van der Waals surface area contributed by atoms with Crippen LogP contribution in [-0.4, -0.2) is 64.4 Å². The Labute approximate surface area is 180 Å². The van der Waals surface area contributed by atoms with Crippen molar-refractivity contribution in [1.29, 1.82) is 0 Å². The van der Waals surface area contributed by atoms with Crippen LogP contribution in [0.2, 0.25) is 0 Å². The SMILES string of the molecule is O=C1CCCN1CCOCC(=O)N1CCC[C@@H]1c1ccc(Nc2ccc(F)cn2)cn1. The molecule has 2 aliphatic rings. The Morgan fingerprint density at radius 3 is 2.77 bits per heavy atom. The van der Waals surface area contributed by atoms with Gasteiger partial charge in [-0.3, -0.25) is 14.6 Å². The summed E-state index contributed by atoms with van der Waals surface area (Å²) in [5, 5.41) is 3.07. The highest BCUT2D eigenvalue weighted by atomic mass is 19.1. The lowest BCUT2D eigenvalue weighted by molar-refractivity contribution is -0.137. The molecule has 164 valence electrons. The average molecular weight is 427 g/mol. The van der Waals surface area contributed by atoms with Gasteiger partial charge in [-0.05, 0) is 43.5 Å². The molecule has 2 aromatic heterocycles. The molecule has 2 fully saturated rings. The molecule has 0 bridgehead atoms. The fourth-order valence-electron chi connectivity index (χ4n) is 4.00. The predicted molar refractivity (Wildman–Crippen MR) is 112 cm³/mol. The number of anilines is 2. The van der Waals surface area contributed by atoms with Crippen LogP contribution in [0, 0.1) is 5.82 Å². The van der Waals surface area contributed by atoms with Gasteiger partial charge in [0.1, 0.15) is 18.2 Å². The fourth-order valence-corrected chi connectivity index (χ4v) is 4.00. The minimum Gasteiger partial charge on any atom is -0.370 e. The third-order valence-corrected chi connectivity index (χ3v) is 5.60. The maximum Gasteiger partial charge on any atom is 0.249 e. The molecule has 1 atom stereocenters. The molecule has 2 aromatic rings. The summed E-state index contributed by atoms with van der Waals surface area (Å²) in [7, 11) is 0. The molecule has 31 heavy (non-hydrogen) atoms. The zero-order valence-electron chi connectivity index (χ0n) is 17.3. The Morgan fingerprint density at radius 2 is 2.06 bits per heavy atom. The van der Waals surface area contributed by atoms with Crippen LogP contribution in [0.1, 0.15) is 37.4 Å². The zero-order valence-corrected chi connectivity index (χ0v) is 17.3. The van der Waals surface area contributed by atoms with Crippen molar-refractivity contribution >= 4 is 23.3 Å². The average Bonchev–Trinajstić information content (AvgIpc) is 3.43. The Kier molecular flexibility index (Phi) is 6.71. The van der Waals surface area contributed by atoms with E-state index in [1.165, 1.54) is 6.07 Å². The normalized spacial score (nSPS) is 18.6.